The minimum Gasteiger partial charge on any atom is -0.488 e. The summed E-state index contributed by atoms with van der Waals surface area (Å²) in [4.78, 5) is 12.3. The molecule has 7 nitrogen and oxygen atoms in total. The number of nitro groups is 1. The fourth-order valence-corrected chi connectivity index (χ4v) is 1.33. The third-order valence-electron chi connectivity index (χ3n) is 1.45. The van der Waals surface area contributed by atoms with Gasteiger partial charge in [-0.05, 0) is 0 Å². The van der Waals surface area contributed by atoms with Crippen molar-refractivity contribution in [1.82, 2.24) is 4.98 Å². The summed E-state index contributed by atoms with van der Waals surface area (Å²) in [6.45, 7) is 0. The molecule has 0 saturated heterocycles. The minimum absolute atomic E-state index is 0.304. The molecule has 0 aliphatic rings. The van der Waals surface area contributed by atoms with Gasteiger partial charge in [-0.25, -0.2) is 13.4 Å². The van der Waals surface area contributed by atoms with Gasteiger partial charge in [-0.3, -0.25) is 10.1 Å². The summed E-state index contributed by atoms with van der Waals surface area (Å²) in [6.07, 6.45) is 1.75. The first-order valence-corrected chi connectivity index (χ1v) is 5.25. The summed E-state index contributed by atoms with van der Waals surface area (Å²) in [7, 11) is -3.55. The Morgan fingerprint density at radius 1 is 1.57 bits per heavy atom. The maximum atomic E-state index is 11.0. The van der Waals surface area contributed by atoms with Gasteiger partial charge < -0.3 is 5.11 Å². The van der Waals surface area contributed by atoms with Crippen molar-refractivity contribution in [2.24, 2.45) is 0 Å². The minimum atomic E-state index is -3.55. The average molecular weight is 218 g/mol. The number of aromatic nitrogens is 1. The summed E-state index contributed by atoms with van der Waals surface area (Å²) in [5, 5.41) is 19.2. The van der Waals surface area contributed by atoms with E-state index in [1.165, 1.54) is 0 Å². The van der Waals surface area contributed by atoms with Crippen molar-refractivity contribution in [3.8, 4) is 5.88 Å². The van der Waals surface area contributed by atoms with E-state index in [9.17, 15) is 18.5 Å². The van der Waals surface area contributed by atoms with Crippen molar-refractivity contribution < 1.29 is 18.4 Å². The lowest BCUT2D eigenvalue weighted by Gasteiger charge is -1.98. The molecule has 1 heterocycles. The monoisotopic (exact) mass is 218 g/mol. The first-order chi connectivity index (χ1) is 6.32. The number of aromatic hydroxyl groups is 1. The predicted molar refractivity (Wildman–Crippen MR) is 45.7 cm³/mol. The fourth-order valence-electron chi connectivity index (χ4n) is 0.765. The Labute approximate surface area is 79.1 Å². The Balaban J connectivity index is 3.42. The van der Waals surface area contributed by atoms with E-state index in [0.29, 0.717) is 0 Å². The Hall–Kier alpha value is -1.70. The first kappa shape index (κ1) is 10.4. The predicted octanol–water partition coefficient (Wildman–Crippen LogP) is 0.0989. The van der Waals surface area contributed by atoms with Crippen LogP contribution in [0.5, 0.6) is 5.88 Å². The van der Waals surface area contributed by atoms with E-state index in [1.807, 2.05) is 0 Å². The third kappa shape index (κ3) is 1.96. The van der Waals surface area contributed by atoms with Gasteiger partial charge in [-0.1, -0.05) is 0 Å². The van der Waals surface area contributed by atoms with E-state index in [0.717, 1.165) is 18.5 Å². The van der Waals surface area contributed by atoms with Crippen LogP contribution in [0.15, 0.2) is 17.2 Å². The summed E-state index contributed by atoms with van der Waals surface area (Å²) in [6, 6.07) is 0.762. The van der Waals surface area contributed by atoms with Crippen LogP contribution in [0.25, 0.3) is 0 Å². The van der Waals surface area contributed by atoms with Crippen molar-refractivity contribution in [2.75, 3.05) is 6.26 Å². The van der Waals surface area contributed by atoms with Crippen molar-refractivity contribution in [3.63, 3.8) is 0 Å². The Morgan fingerprint density at radius 3 is 2.57 bits per heavy atom. The number of pyridine rings is 1. The normalized spacial score (nSPS) is 11.2. The maximum Gasteiger partial charge on any atom is 0.332 e. The van der Waals surface area contributed by atoms with E-state index < -0.39 is 26.3 Å². The summed E-state index contributed by atoms with van der Waals surface area (Å²) >= 11 is 0. The Bertz CT molecular complexity index is 481. The Kier molecular flexibility index (Phi) is 2.39. The molecule has 0 aliphatic carbocycles. The summed E-state index contributed by atoms with van der Waals surface area (Å²) in [5.41, 5.74) is -0.729. The zero-order valence-electron chi connectivity index (χ0n) is 7.04. The fraction of sp³-hybridized carbons (Fsp3) is 0.167. The van der Waals surface area contributed by atoms with Crippen LogP contribution in [-0.4, -0.2) is 29.7 Å². The largest absolute Gasteiger partial charge is 0.488 e. The first-order valence-electron chi connectivity index (χ1n) is 3.36. The molecule has 0 saturated carbocycles. The molecule has 1 rings (SSSR count). The maximum absolute atomic E-state index is 11.0. The van der Waals surface area contributed by atoms with Gasteiger partial charge in [0.25, 0.3) is 5.88 Å². The highest BCUT2D eigenvalue weighted by atomic mass is 32.2. The van der Waals surface area contributed by atoms with Crippen molar-refractivity contribution in [2.45, 2.75) is 4.90 Å². The lowest BCUT2D eigenvalue weighted by molar-refractivity contribution is -0.386. The Morgan fingerprint density at radius 2 is 2.14 bits per heavy atom. The van der Waals surface area contributed by atoms with E-state index in [2.05, 4.69) is 4.98 Å². The molecule has 8 heteroatoms. The van der Waals surface area contributed by atoms with Gasteiger partial charge in [0.05, 0.1) is 16.0 Å². The van der Waals surface area contributed by atoms with Crippen LogP contribution in [0, 0.1) is 10.1 Å². The molecule has 0 atom stereocenters. The van der Waals surface area contributed by atoms with Crippen LogP contribution in [-0.2, 0) is 9.84 Å². The zero-order chi connectivity index (χ0) is 10.9. The van der Waals surface area contributed by atoms with Crippen LogP contribution in [0.2, 0.25) is 0 Å². The van der Waals surface area contributed by atoms with Crippen molar-refractivity contribution in [3.05, 3.63) is 22.4 Å². The molecule has 1 aromatic heterocycles. The van der Waals surface area contributed by atoms with Gasteiger partial charge >= 0.3 is 5.69 Å². The van der Waals surface area contributed by atoms with Crippen LogP contribution in [0.3, 0.4) is 0 Å². The lowest BCUT2D eigenvalue weighted by atomic mass is 10.4. The quantitative estimate of drug-likeness (QED) is 0.556. The van der Waals surface area contributed by atoms with E-state index in [1.54, 1.807) is 0 Å². The molecule has 0 unspecified atom stereocenters. The molecule has 1 N–H and O–H groups in total. The van der Waals surface area contributed by atoms with E-state index in [4.69, 9.17) is 5.11 Å². The second kappa shape index (κ2) is 3.22. The second-order valence-corrected chi connectivity index (χ2v) is 4.56. The smallest absolute Gasteiger partial charge is 0.332 e. The molecule has 0 aromatic carbocycles. The molecule has 1 aromatic rings. The van der Waals surface area contributed by atoms with Gasteiger partial charge in [-0.15, -0.1) is 0 Å². The molecule has 0 spiro atoms. The average Bonchev–Trinajstić information content (AvgIpc) is 2.02. The van der Waals surface area contributed by atoms with Crippen LogP contribution in [0.1, 0.15) is 0 Å². The molecule has 14 heavy (non-hydrogen) atoms. The molecular weight excluding hydrogens is 212 g/mol. The molecule has 0 fully saturated rings. The molecule has 0 radical (unpaired) electrons. The van der Waals surface area contributed by atoms with Gasteiger partial charge in [0.15, 0.2) is 9.84 Å². The summed E-state index contributed by atoms with van der Waals surface area (Å²) < 4.78 is 21.9. The SMILES string of the molecule is CS(=O)(=O)c1cnc(O)c([N+](=O)[O-])c1. The lowest BCUT2D eigenvalue weighted by Crippen LogP contribution is -2.00. The standard InChI is InChI=1S/C6H6N2O5S/c1-14(12,13)4-2-5(8(10)11)6(9)7-3-4/h2-3H,1H3,(H,7,9). The van der Waals surface area contributed by atoms with Gasteiger partial charge in [0.2, 0.25) is 0 Å². The number of rotatable bonds is 2. The molecular formula is C6H6N2O5S. The van der Waals surface area contributed by atoms with E-state index >= 15 is 0 Å². The highest BCUT2D eigenvalue weighted by molar-refractivity contribution is 7.90. The second-order valence-electron chi connectivity index (χ2n) is 2.54. The van der Waals surface area contributed by atoms with Gasteiger partial charge in [0.1, 0.15) is 0 Å². The van der Waals surface area contributed by atoms with Crippen molar-refractivity contribution >= 4 is 15.5 Å². The molecule has 0 amide bonds. The highest BCUT2D eigenvalue weighted by Gasteiger charge is 2.19. The zero-order valence-corrected chi connectivity index (χ0v) is 7.85. The molecule has 0 bridgehead atoms. The molecule has 0 aliphatic heterocycles. The van der Waals surface area contributed by atoms with Crippen molar-refractivity contribution in [1.29, 1.82) is 0 Å². The highest BCUT2D eigenvalue weighted by Crippen LogP contribution is 2.25. The third-order valence-corrected chi connectivity index (χ3v) is 2.53. The summed E-state index contributed by atoms with van der Waals surface area (Å²) in [5.74, 6) is -0.803. The van der Waals surface area contributed by atoms with Crippen LogP contribution < -0.4 is 0 Å². The van der Waals surface area contributed by atoms with E-state index in [-0.39, 0.29) is 4.90 Å². The van der Waals surface area contributed by atoms with Gasteiger partial charge in [-0.2, -0.15) is 0 Å². The van der Waals surface area contributed by atoms with Gasteiger partial charge in [0, 0.05) is 12.3 Å². The number of hydrogen-bond donors (Lipinski definition) is 1. The van der Waals surface area contributed by atoms with Crippen LogP contribution in [0.4, 0.5) is 5.69 Å². The number of hydrogen-bond acceptors (Lipinski definition) is 6. The molecule has 76 valence electrons. The number of sulfone groups is 1. The van der Waals surface area contributed by atoms with Crippen LogP contribution >= 0.6 is 0 Å². The topological polar surface area (TPSA) is 110 Å². The number of nitrogens with zero attached hydrogens (tertiary/aromatic N) is 2.